The summed E-state index contributed by atoms with van der Waals surface area (Å²) in [6.07, 6.45) is 13.8. The highest BCUT2D eigenvalue weighted by atomic mass is 32.2. The largest absolute Gasteiger partial charge is 0.367 e. The van der Waals surface area contributed by atoms with Gasteiger partial charge in [-0.25, -0.2) is 9.97 Å². The van der Waals surface area contributed by atoms with Crippen LogP contribution in [0.5, 0.6) is 0 Å². The average Bonchev–Trinajstić information content (AvgIpc) is 2.97. The van der Waals surface area contributed by atoms with E-state index < -0.39 is 0 Å². The van der Waals surface area contributed by atoms with Gasteiger partial charge in [-0.15, -0.1) is 11.8 Å². The van der Waals surface area contributed by atoms with Crippen molar-refractivity contribution < 1.29 is 0 Å². The predicted octanol–water partition coefficient (Wildman–Crippen LogP) is 4.13. The molecule has 0 spiro atoms. The minimum atomic E-state index is 0.733. The number of hydrogen-bond donors (Lipinski definition) is 0. The highest BCUT2D eigenvalue weighted by Crippen LogP contribution is 2.27. The Balaban J connectivity index is 1.57. The lowest BCUT2D eigenvalue weighted by atomic mass is 10.1. The topological polar surface area (TPSA) is 41.4 Å². The number of fused-ring (bicyclic) bond motifs is 1. The molecule has 2 aliphatic heterocycles. The third kappa shape index (κ3) is 3.51. The van der Waals surface area contributed by atoms with Gasteiger partial charge in [0.15, 0.2) is 5.82 Å². The van der Waals surface area contributed by atoms with Crippen molar-refractivity contribution in [2.24, 2.45) is 4.99 Å². The van der Waals surface area contributed by atoms with Crippen molar-refractivity contribution >= 4 is 29.4 Å². The Morgan fingerprint density at radius 1 is 1.24 bits per heavy atom. The fourth-order valence-corrected chi connectivity index (χ4v) is 3.56. The Hall–Kier alpha value is -2.40. The maximum Gasteiger partial charge on any atom is 0.178 e. The lowest BCUT2D eigenvalue weighted by molar-refractivity contribution is 0.702. The van der Waals surface area contributed by atoms with E-state index in [0.29, 0.717) is 0 Å². The van der Waals surface area contributed by atoms with Crippen LogP contribution in [-0.4, -0.2) is 29.0 Å². The zero-order chi connectivity index (χ0) is 17.1. The van der Waals surface area contributed by atoms with Gasteiger partial charge in [0.2, 0.25) is 0 Å². The van der Waals surface area contributed by atoms with Gasteiger partial charge in [0.1, 0.15) is 5.70 Å². The van der Waals surface area contributed by atoms with Crippen molar-refractivity contribution in [2.75, 3.05) is 17.7 Å². The standard InChI is InChI=1S/C20H20N4S/c1-25-17-7-5-6-16(12-17)24-11-9-18-15(14-24)13-22-20(23-18)19-8-3-2-4-10-21-19/h2,4-8,10,12-13H,3,9,11,14H2,1H3. The first-order valence-corrected chi connectivity index (χ1v) is 9.69. The summed E-state index contributed by atoms with van der Waals surface area (Å²) in [5, 5.41) is 0. The first kappa shape index (κ1) is 16.1. The average molecular weight is 348 g/mol. The number of anilines is 1. The SMILES string of the molecule is CSc1cccc(N2CCc3nc(C4=CCC=CC=N4)ncc3C2)c1. The van der Waals surface area contributed by atoms with Crippen molar-refractivity contribution in [1.82, 2.24) is 9.97 Å². The summed E-state index contributed by atoms with van der Waals surface area (Å²) < 4.78 is 0. The maximum absolute atomic E-state index is 4.79. The number of allylic oxidation sites excluding steroid dienone is 3. The molecular formula is C20H20N4S. The summed E-state index contributed by atoms with van der Waals surface area (Å²) in [5.74, 6) is 0.733. The van der Waals surface area contributed by atoms with Gasteiger partial charge in [0.25, 0.3) is 0 Å². The molecule has 0 saturated heterocycles. The van der Waals surface area contributed by atoms with Gasteiger partial charge in [-0.2, -0.15) is 0 Å². The Labute approximate surface area is 152 Å². The third-order valence-electron chi connectivity index (χ3n) is 4.46. The molecule has 2 aromatic rings. The highest BCUT2D eigenvalue weighted by molar-refractivity contribution is 7.98. The molecule has 25 heavy (non-hydrogen) atoms. The van der Waals surface area contributed by atoms with Crippen LogP contribution in [0, 0.1) is 0 Å². The molecule has 5 heteroatoms. The first-order chi connectivity index (χ1) is 12.3. The van der Waals surface area contributed by atoms with Crippen LogP contribution >= 0.6 is 11.8 Å². The predicted molar refractivity (Wildman–Crippen MR) is 105 cm³/mol. The minimum absolute atomic E-state index is 0.733. The van der Waals surface area contributed by atoms with E-state index in [2.05, 4.69) is 57.5 Å². The second-order valence-corrected chi connectivity index (χ2v) is 6.95. The van der Waals surface area contributed by atoms with Crippen molar-refractivity contribution in [2.45, 2.75) is 24.3 Å². The van der Waals surface area contributed by atoms with E-state index in [-0.39, 0.29) is 0 Å². The van der Waals surface area contributed by atoms with E-state index in [0.717, 1.165) is 43.1 Å². The number of thioether (sulfide) groups is 1. The maximum atomic E-state index is 4.79. The van der Waals surface area contributed by atoms with Crippen LogP contribution in [0.4, 0.5) is 5.69 Å². The van der Waals surface area contributed by atoms with Crippen molar-refractivity contribution in [3.8, 4) is 0 Å². The van der Waals surface area contributed by atoms with Crippen LogP contribution in [0.2, 0.25) is 0 Å². The zero-order valence-corrected chi connectivity index (χ0v) is 15.0. The molecule has 0 fully saturated rings. The van der Waals surface area contributed by atoms with Crippen LogP contribution < -0.4 is 4.90 Å². The second-order valence-electron chi connectivity index (χ2n) is 6.07. The number of nitrogens with zero attached hydrogens (tertiary/aromatic N) is 4. The minimum Gasteiger partial charge on any atom is -0.367 e. The van der Waals surface area contributed by atoms with Crippen LogP contribution in [0.25, 0.3) is 5.70 Å². The quantitative estimate of drug-likeness (QED) is 0.782. The van der Waals surface area contributed by atoms with Gasteiger partial charge in [-0.3, -0.25) is 4.99 Å². The zero-order valence-electron chi connectivity index (χ0n) is 14.2. The van der Waals surface area contributed by atoms with E-state index in [1.54, 1.807) is 11.8 Å². The summed E-state index contributed by atoms with van der Waals surface area (Å²) in [6.45, 7) is 1.84. The van der Waals surface area contributed by atoms with Crippen LogP contribution in [0.15, 0.2) is 58.6 Å². The van der Waals surface area contributed by atoms with Crippen LogP contribution in [0.3, 0.4) is 0 Å². The number of aliphatic imine (C=N–C) groups is 1. The van der Waals surface area contributed by atoms with Crippen LogP contribution in [0.1, 0.15) is 23.5 Å². The summed E-state index contributed by atoms with van der Waals surface area (Å²) in [4.78, 5) is 17.5. The van der Waals surface area contributed by atoms with Gasteiger partial charge < -0.3 is 4.90 Å². The normalized spacial score (nSPS) is 16.4. The van der Waals surface area contributed by atoms with Gasteiger partial charge in [-0.05, 0) is 37.0 Å². The fraction of sp³-hybridized carbons (Fsp3) is 0.250. The molecule has 0 bridgehead atoms. The molecule has 3 heterocycles. The lowest BCUT2D eigenvalue weighted by Gasteiger charge is -2.30. The fourth-order valence-electron chi connectivity index (χ4n) is 3.11. The molecule has 1 aromatic carbocycles. The Morgan fingerprint density at radius 3 is 3.12 bits per heavy atom. The van der Waals surface area contributed by atoms with E-state index in [1.165, 1.54) is 16.1 Å². The molecule has 0 radical (unpaired) electrons. The third-order valence-corrected chi connectivity index (χ3v) is 5.19. The van der Waals surface area contributed by atoms with Crippen LogP contribution in [-0.2, 0) is 13.0 Å². The first-order valence-electron chi connectivity index (χ1n) is 8.47. The highest BCUT2D eigenvalue weighted by Gasteiger charge is 2.19. The molecule has 0 atom stereocenters. The molecule has 0 amide bonds. The molecule has 0 saturated carbocycles. The van der Waals surface area contributed by atoms with E-state index in [4.69, 9.17) is 4.98 Å². The molecule has 0 N–H and O–H groups in total. The lowest BCUT2D eigenvalue weighted by Crippen LogP contribution is -2.31. The van der Waals surface area contributed by atoms with E-state index in [1.807, 2.05) is 18.5 Å². The van der Waals surface area contributed by atoms with Gasteiger partial charge in [0, 0.05) is 48.1 Å². The Morgan fingerprint density at radius 2 is 2.20 bits per heavy atom. The number of aromatic nitrogens is 2. The molecule has 4 nitrogen and oxygen atoms in total. The summed E-state index contributed by atoms with van der Waals surface area (Å²) >= 11 is 1.78. The van der Waals surface area contributed by atoms with E-state index >= 15 is 0 Å². The number of benzene rings is 1. The van der Waals surface area contributed by atoms with Crippen molar-refractivity contribution in [1.29, 1.82) is 0 Å². The smallest absolute Gasteiger partial charge is 0.178 e. The molecule has 0 aliphatic carbocycles. The number of rotatable bonds is 3. The molecule has 4 rings (SSSR count). The summed E-state index contributed by atoms with van der Waals surface area (Å²) in [6, 6.07) is 8.71. The van der Waals surface area contributed by atoms with Gasteiger partial charge >= 0.3 is 0 Å². The summed E-state index contributed by atoms with van der Waals surface area (Å²) in [7, 11) is 0. The molecule has 2 aliphatic rings. The van der Waals surface area contributed by atoms with Gasteiger partial charge in [-0.1, -0.05) is 18.2 Å². The molecule has 1 aromatic heterocycles. The van der Waals surface area contributed by atoms with Crippen molar-refractivity contribution in [3.63, 3.8) is 0 Å². The molecule has 0 unspecified atom stereocenters. The monoisotopic (exact) mass is 348 g/mol. The number of hydrogen-bond acceptors (Lipinski definition) is 5. The molecular weight excluding hydrogens is 328 g/mol. The van der Waals surface area contributed by atoms with E-state index in [9.17, 15) is 0 Å². The second kappa shape index (κ2) is 7.23. The van der Waals surface area contributed by atoms with Crippen molar-refractivity contribution in [3.05, 3.63) is 65.8 Å². The Bertz CT molecular complexity index is 870. The van der Waals surface area contributed by atoms with Gasteiger partial charge in [0.05, 0.1) is 5.69 Å². The molecule has 126 valence electrons. The Kier molecular flexibility index (Phi) is 4.65. The summed E-state index contributed by atoms with van der Waals surface area (Å²) in [5.41, 5.74) is 4.49.